The molecule has 0 atom stereocenters. The number of aromatic nitrogens is 1. The van der Waals surface area contributed by atoms with Gasteiger partial charge >= 0.3 is 0 Å². The minimum atomic E-state index is -0.421. The molecule has 1 N–H and O–H groups in total. The Balaban J connectivity index is 1.80. The number of halogens is 2. The van der Waals surface area contributed by atoms with Crippen molar-refractivity contribution in [3.05, 3.63) is 77.2 Å². The summed E-state index contributed by atoms with van der Waals surface area (Å²) in [6.45, 7) is 0. The summed E-state index contributed by atoms with van der Waals surface area (Å²) in [5, 5.41) is 3.93. The first-order valence-electron chi connectivity index (χ1n) is 6.91. The van der Waals surface area contributed by atoms with Crippen LogP contribution in [0.2, 0.25) is 5.02 Å². The lowest BCUT2D eigenvalue weighted by Crippen LogP contribution is -2.08. The number of para-hydroxylation sites is 1. The molecule has 3 rings (SSSR count). The minimum Gasteiger partial charge on any atom is -0.322 e. The van der Waals surface area contributed by atoms with Crippen LogP contribution in [0.25, 0.3) is 17.0 Å². The van der Waals surface area contributed by atoms with Gasteiger partial charge in [0.1, 0.15) is 11.3 Å². The summed E-state index contributed by atoms with van der Waals surface area (Å²) < 4.78 is 13.7. The Morgan fingerprint density at radius 1 is 1.13 bits per heavy atom. The van der Waals surface area contributed by atoms with Gasteiger partial charge in [-0.15, -0.1) is 0 Å². The Labute approximate surface area is 137 Å². The van der Waals surface area contributed by atoms with E-state index in [0.717, 1.165) is 5.56 Å². The van der Waals surface area contributed by atoms with E-state index in [4.69, 9.17) is 11.6 Å². The molecular weight excluding hydrogens is 315 g/mol. The molecule has 23 heavy (non-hydrogen) atoms. The van der Waals surface area contributed by atoms with Crippen molar-refractivity contribution in [1.82, 2.24) is 4.98 Å². The first kappa shape index (κ1) is 15.2. The molecule has 0 saturated heterocycles. The van der Waals surface area contributed by atoms with Crippen LogP contribution in [0.15, 0.2) is 60.8 Å². The molecular formula is C18H12ClFN2O. The van der Waals surface area contributed by atoms with E-state index in [0.29, 0.717) is 16.1 Å². The van der Waals surface area contributed by atoms with E-state index in [1.165, 1.54) is 18.3 Å². The molecule has 0 aliphatic heterocycles. The number of nitrogens with zero attached hydrogens (tertiary/aromatic N) is 1. The maximum absolute atomic E-state index is 13.7. The Bertz CT molecular complexity index is 891. The highest BCUT2D eigenvalue weighted by Crippen LogP contribution is 2.23. The molecule has 0 unspecified atom stereocenters. The zero-order valence-electron chi connectivity index (χ0n) is 12.0. The lowest BCUT2D eigenvalue weighted by atomic mass is 10.1. The van der Waals surface area contributed by atoms with Gasteiger partial charge in [-0.25, -0.2) is 4.39 Å². The van der Waals surface area contributed by atoms with Crippen LogP contribution in [0.5, 0.6) is 0 Å². The third-order valence-corrected chi connectivity index (χ3v) is 3.53. The molecule has 2 aromatic carbocycles. The van der Waals surface area contributed by atoms with Gasteiger partial charge in [0, 0.05) is 22.7 Å². The van der Waals surface area contributed by atoms with Crippen molar-refractivity contribution in [2.45, 2.75) is 0 Å². The van der Waals surface area contributed by atoms with Gasteiger partial charge in [0.15, 0.2) is 0 Å². The number of fused-ring (bicyclic) bond motifs is 1. The van der Waals surface area contributed by atoms with Crippen LogP contribution in [0, 0.1) is 5.82 Å². The summed E-state index contributed by atoms with van der Waals surface area (Å²) in [5.41, 5.74) is 1.60. The number of amides is 1. The van der Waals surface area contributed by atoms with Gasteiger partial charge in [0.05, 0.1) is 5.69 Å². The maximum Gasteiger partial charge on any atom is 0.248 e. The second-order valence-electron chi connectivity index (χ2n) is 4.87. The predicted octanol–water partition coefficient (Wildman–Crippen LogP) is 4.68. The predicted molar refractivity (Wildman–Crippen MR) is 90.8 cm³/mol. The average Bonchev–Trinajstić information content (AvgIpc) is 2.55. The van der Waals surface area contributed by atoms with Crippen LogP contribution in [0.3, 0.4) is 0 Å². The molecule has 0 aliphatic rings. The highest BCUT2D eigenvalue weighted by Gasteiger charge is 2.07. The molecule has 1 aromatic heterocycles. The standard InChI is InChI=1S/C18H12ClFN2O/c19-13-7-4-12(5-8-13)6-9-17(23)22-16-10-11-21-18-14(16)2-1-3-15(18)20/h1-11H,(H,21,22,23)/b9-6+. The van der Waals surface area contributed by atoms with Crippen molar-refractivity contribution in [3.8, 4) is 0 Å². The molecule has 3 aromatic rings. The van der Waals surface area contributed by atoms with Crippen LogP contribution in [0.4, 0.5) is 10.1 Å². The van der Waals surface area contributed by atoms with Gasteiger partial charge < -0.3 is 5.32 Å². The van der Waals surface area contributed by atoms with E-state index < -0.39 is 5.82 Å². The highest BCUT2D eigenvalue weighted by atomic mass is 35.5. The molecule has 114 valence electrons. The van der Waals surface area contributed by atoms with E-state index in [1.54, 1.807) is 36.4 Å². The zero-order chi connectivity index (χ0) is 16.2. The third kappa shape index (κ3) is 3.55. The normalized spacial score (nSPS) is 11.0. The van der Waals surface area contributed by atoms with Crippen LogP contribution < -0.4 is 5.32 Å². The molecule has 0 aliphatic carbocycles. The maximum atomic E-state index is 13.7. The van der Waals surface area contributed by atoms with E-state index in [2.05, 4.69) is 10.3 Å². The Morgan fingerprint density at radius 2 is 1.91 bits per heavy atom. The van der Waals surface area contributed by atoms with E-state index in [-0.39, 0.29) is 11.4 Å². The summed E-state index contributed by atoms with van der Waals surface area (Å²) in [7, 11) is 0. The lowest BCUT2D eigenvalue weighted by Gasteiger charge is -2.06. The summed E-state index contributed by atoms with van der Waals surface area (Å²) in [5.74, 6) is -0.730. The molecule has 0 fully saturated rings. The van der Waals surface area contributed by atoms with Crippen molar-refractivity contribution >= 4 is 40.2 Å². The number of carbonyl (C=O) groups is 1. The van der Waals surface area contributed by atoms with Crippen LogP contribution in [-0.4, -0.2) is 10.9 Å². The first-order valence-corrected chi connectivity index (χ1v) is 7.29. The average molecular weight is 327 g/mol. The molecule has 1 amide bonds. The number of carbonyl (C=O) groups excluding carboxylic acids is 1. The van der Waals surface area contributed by atoms with E-state index in [1.807, 2.05) is 12.1 Å². The van der Waals surface area contributed by atoms with Gasteiger partial charge in [-0.3, -0.25) is 9.78 Å². The number of rotatable bonds is 3. The summed E-state index contributed by atoms with van der Waals surface area (Å²) in [6.07, 6.45) is 4.55. The monoisotopic (exact) mass is 326 g/mol. The molecule has 5 heteroatoms. The summed E-state index contributed by atoms with van der Waals surface area (Å²) in [4.78, 5) is 16.0. The molecule has 0 bridgehead atoms. The van der Waals surface area contributed by atoms with E-state index >= 15 is 0 Å². The Morgan fingerprint density at radius 3 is 2.70 bits per heavy atom. The Kier molecular flexibility index (Phi) is 4.35. The quantitative estimate of drug-likeness (QED) is 0.710. The van der Waals surface area contributed by atoms with Crippen molar-refractivity contribution in [1.29, 1.82) is 0 Å². The summed E-state index contributed by atoms with van der Waals surface area (Å²) >= 11 is 5.81. The van der Waals surface area contributed by atoms with Crippen molar-refractivity contribution in [2.75, 3.05) is 5.32 Å². The molecule has 1 heterocycles. The number of hydrogen-bond donors (Lipinski definition) is 1. The smallest absolute Gasteiger partial charge is 0.248 e. The van der Waals surface area contributed by atoms with Gasteiger partial charge in [0.25, 0.3) is 0 Å². The fourth-order valence-electron chi connectivity index (χ4n) is 2.17. The second-order valence-corrected chi connectivity index (χ2v) is 5.31. The fourth-order valence-corrected chi connectivity index (χ4v) is 2.30. The topological polar surface area (TPSA) is 42.0 Å². The zero-order valence-corrected chi connectivity index (χ0v) is 12.7. The Hall–Kier alpha value is -2.72. The first-order chi connectivity index (χ1) is 11.1. The molecule has 3 nitrogen and oxygen atoms in total. The number of anilines is 1. The van der Waals surface area contributed by atoms with Crippen LogP contribution in [-0.2, 0) is 4.79 Å². The van der Waals surface area contributed by atoms with Gasteiger partial charge in [-0.05, 0) is 35.9 Å². The minimum absolute atomic E-state index is 0.229. The molecule has 0 spiro atoms. The van der Waals surface area contributed by atoms with Crippen molar-refractivity contribution in [3.63, 3.8) is 0 Å². The number of pyridine rings is 1. The van der Waals surface area contributed by atoms with Crippen molar-refractivity contribution in [2.24, 2.45) is 0 Å². The van der Waals surface area contributed by atoms with Gasteiger partial charge in [-0.2, -0.15) is 0 Å². The van der Waals surface area contributed by atoms with Crippen LogP contribution >= 0.6 is 11.6 Å². The number of hydrogen-bond acceptors (Lipinski definition) is 2. The van der Waals surface area contributed by atoms with Gasteiger partial charge in [0.2, 0.25) is 5.91 Å². The van der Waals surface area contributed by atoms with Crippen molar-refractivity contribution < 1.29 is 9.18 Å². The molecule has 0 radical (unpaired) electrons. The second kappa shape index (κ2) is 6.58. The third-order valence-electron chi connectivity index (χ3n) is 3.28. The van der Waals surface area contributed by atoms with Gasteiger partial charge in [-0.1, -0.05) is 35.9 Å². The van der Waals surface area contributed by atoms with Crippen LogP contribution in [0.1, 0.15) is 5.56 Å². The lowest BCUT2D eigenvalue weighted by molar-refractivity contribution is -0.111. The number of nitrogens with one attached hydrogen (secondary N) is 1. The SMILES string of the molecule is O=C(/C=C/c1ccc(Cl)cc1)Nc1ccnc2c(F)cccc12. The fraction of sp³-hybridized carbons (Fsp3) is 0. The van der Waals surface area contributed by atoms with E-state index in [9.17, 15) is 9.18 Å². The summed E-state index contributed by atoms with van der Waals surface area (Å²) in [6, 6.07) is 13.4. The highest BCUT2D eigenvalue weighted by molar-refractivity contribution is 6.30. The molecule has 0 saturated carbocycles. The largest absolute Gasteiger partial charge is 0.322 e. The number of benzene rings is 2.